The molecule has 1 aromatic carbocycles. The lowest BCUT2D eigenvalue weighted by atomic mass is 10.3. The van der Waals surface area contributed by atoms with Crippen molar-refractivity contribution in [3.8, 4) is 0 Å². The van der Waals surface area contributed by atoms with Crippen molar-refractivity contribution in [3.05, 3.63) is 25.6 Å². The van der Waals surface area contributed by atoms with E-state index in [9.17, 15) is 0 Å². The number of nitrogens with zero attached hydrogens (tertiary/aromatic N) is 1. The van der Waals surface area contributed by atoms with Gasteiger partial charge < -0.3 is 0 Å². The molecule has 68 valence electrons. The van der Waals surface area contributed by atoms with Gasteiger partial charge in [0.2, 0.25) is 0 Å². The van der Waals surface area contributed by atoms with Gasteiger partial charge in [-0.1, -0.05) is 23.2 Å². The minimum Gasteiger partial charge on any atom is -0.240 e. The zero-order valence-corrected chi connectivity index (χ0v) is 10.5. The molecular weight excluding hydrogens is 293 g/mol. The van der Waals surface area contributed by atoms with E-state index in [0.717, 1.165) is 19.7 Å². The van der Waals surface area contributed by atoms with E-state index in [2.05, 4.69) is 20.9 Å². The van der Waals surface area contributed by atoms with Crippen LogP contribution in [0.15, 0.2) is 10.5 Å². The Labute approximate surface area is 97.8 Å². The van der Waals surface area contributed by atoms with E-state index in [4.69, 9.17) is 23.2 Å². The van der Waals surface area contributed by atoms with Gasteiger partial charge in [0.1, 0.15) is 5.52 Å². The van der Waals surface area contributed by atoms with Crippen LogP contribution < -0.4 is 0 Å². The minimum absolute atomic E-state index is 0.524. The molecular formula is C8H4BrCl2NS. The van der Waals surface area contributed by atoms with Gasteiger partial charge in [0, 0.05) is 4.47 Å². The molecule has 2 aromatic rings. The largest absolute Gasteiger partial charge is 0.240 e. The van der Waals surface area contributed by atoms with Crippen LogP contribution in [0.2, 0.25) is 10.0 Å². The maximum Gasteiger partial charge on any atom is 0.102 e. The fourth-order valence-electron chi connectivity index (χ4n) is 1.09. The first-order valence-electron chi connectivity index (χ1n) is 3.50. The molecule has 5 heteroatoms. The quantitative estimate of drug-likeness (QED) is 0.644. The molecule has 0 N–H and O–H groups in total. The average molecular weight is 297 g/mol. The van der Waals surface area contributed by atoms with Crippen molar-refractivity contribution in [2.45, 2.75) is 6.92 Å². The minimum atomic E-state index is 0.524. The lowest BCUT2D eigenvalue weighted by Gasteiger charge is -1.98. The molecule has 0 aliphatic carbocycles. The van der Waals surface area contributed by atoms with Crippen molar-refractivity contribution in [1.29, 1.82) is 0 Å². The predicted octanol–water partition coefficient (Wildman–Crippen LogP) is 4.67. The molecule has 0 amide bonds. The standard InChI is InChI=1S/C8H4BrCl2NS/c1-3-12-8-5(13-3)2-4(9)6(10)7(8)11/h2H,1H3. The second kappa shape index (κ2) is 3.39. The number of aryl methyl sites for hydroxylation is 1. The maximum atomic E-state index is 6.03. The number of rotatable bonds is 0. The van der Waals surface area contributed by atoms with Gasteiger partial charge in [0.15, 0.2) is 0 Å². The Morgan fingerprint density at radius 3 is 2.77 bits per heavy atom. The molecule has 2 rings (SSSR count). The average Bonchev–Trinajstić information content (AvgIpc) is 2.42. The molecule has 1 nitrogen and oxygen atoms in total. The van der Waals surface area contributed by atoms with Crippen LogP contribution in [0.25, 0.3) is 10.2 Å². The van der Waals surface area contributed by atoms with Crippen molar-refractivity contribution in [2.24, 2.45) is 0 Å². The molecule has 13 heavy (non-hydrogen) atoms. The summed E-state index contributed by atoms with van der Waals surface area (Å²) in [6.07, 6.45) is 0. The van der Waals surface area contributed by atoms with E-state index in [-0.39, 0.29) is 0 Å². The molecule has 1 aromatic heterocycles. The Morgan fingerprint density at radius 2 is 2.08 bits per heavy atom. The van der Waals surface area contributed by atoms with Gasteiger partial charge in [-0.05, 0) is 28.9 Å². The third kappa shape index (κ3) is 1.59. The smallest absolute Gasteiger partial charge is 0.102 e. The lowest BCUT2D eigenvalue weighted by Crippen LogP contribution is -1.75. The van der Waals surface area contributed by atoms with Gasteiger partial charge in [-0.25, -0.2) is 4.98 Å². The molecule has 0 spiro atoms. The molecule has 0 atom stereocenters. The SMILES string of the molecule is Cc1nc2c(Cl)c(Cl)c(Br)cc2s1. The summed E-state index contributed by atoms with van der Waals surface area (Å²) in [7, 11) is 0. The Kier molecular flexibility index (Phi) is 2.53. The number of fused-ring (bicyclic) bond motifs is 1. The van der Waals surface area contributed by atoms with Crippen LogP contribution in [0.4, 0.5) is 0 Å². The number of halogens is 3. The third-order valence-electron chi connectivity index (χ3n) is 1.63. The number of thiazole rings is 1. The molecule has 0 radical (unpaired) electrons. The van der Waals surface area contributed by atoms with Crippen LogP contribution >= 0.6 is 50.5 Å². The van der Waals surface area contributed by atoms with E-state index < -0.39 is 0 Å². The molecule has 0 saturated carbocycles. The molecule has 0 fully saturated rings. The van der Waals surface area contributed by atoms with E-state index in [1.54, 1.807) is 11.3 Å². The molecule has 0 unspecified atom stereocenters. The number of hydrogen-bond donors (Lipinski definition) is 0. The van der Waals surface area contributed by atoms with Crippen LogP contribution in [0.3, 0.4) is 0 Å². The summed E-state index contributed by atoms with van der Waals surface area (Å²) >= 11 is 16.9. The molecule has 0 aliphatic heterocycles. The topological polar surface area (TPSA) is 12.9 Å². The summed E-state index contributed by atoms with van der Waals surface area (Å²) < 4.78 is 1.87. The first-order chi connectivity index (χ1) is 6.09. The summed E-state index contributed by atoms with van der Waals surface area (Å²) in [6.45, 7) is 1.95. The summed E-state index contributed by atoms with van der Waals surface area (Å²) in [5, 5.41) is 2.04. The molecule has 0 aliphatic rings. The van der Waals surface area contributed by atoms with Crippen molar-refractivity contribution in [3.63, 3.8) is 0 Å². The van der Waals surface area contributed by atoms with Crippen molar-refractivity contribution in [2.75, 3.05) is 0 Å². The zero-order valence-electron chi connectivity index (χ0n) is 6.57. The van der Waals surface area contributed by atoms with Crippen LogP contribution in [0.5, 0.6) is 0 Å². The fourth-order valence-corrected chi connectivity index (χ4v) is 3.10. The van der Waals surface area contributed by atoms with Gasteiger partial charge in [0.25, 0.3) is 0 Å². The summed E-state index contributed by atoms with van der Waals surface area (Å²) in [6, 6.07) is 1.94. The Balaban J connectivity index is 2.92. The van der Waals surface area contributed by atoms with Gasteiger partial charge in [-0.2, -0.15) is 0 Å². The number of hydrogen-bond acceptors (Lipinski definition) is 2. The zero-order chi connectivity index (χ0) is 9.59. The van der Waals surface area contributed by atoms with Crippen molar-refractivity contribution >= 4 is 60.7 Å². The van der Waals surface area contributed by atoms with Gasteiger partial charge in [-0.15, -0.1) is 11.3 Å². The Morgan fingerprint density at radius 1 is 1.38 bits per heavy atom. The molecule has 0 bridgehead atoms. The second-order valence-corrected chi connectivity index (χ2v) is 5.41. The summed E-state index contributed by atoms with van der Waals surface area (Å²) in [4.78, 5) is 4.30. The highest BCUT2D eigenvalue weighted by molar-refractivity contribution is 9.10. The van der Waals surface area contributed by atoms with Gasteiger partial charge in [-0.3, -0.25) is 0 Å². The first kappa shape index (κ1) is 9.71. The predicted molar refractivity (Wildman–Crippen MR) is 62.1 cm³/mol. The van der Waals surface area contributed by atoms with Crippen LogP contribution in [0.1, 0.15) is 5.01 Å². The number of benzene rings is 1. The van der Waals surface area contributed by atoms with E-state index in [0.29, 0.717) is 10.0 Å². The van der Waals surface area contributed by atoms with E-state index in [1.165, 1.54) is 0 Å². The second-order valence-electron chi connectivity index (χ2n) is 2.57. The maximum absolute atomic E-state index is 6.03. The third-order valence-corrected chi connectivity index (χ3v) is 4.26. The Hall–Kier alpha value is 0.170. The normalized spacial score (nSPS) is 11.1. The lowest BCUT2D eigenvalue weighted by molar-refractivity contribution is 1.35. The molecule has 0 saturated heterocycles. The first-order valence-corrected chi connectivity index (χ1v) is 5.87. The van der Waals surface area contributed by atoms with Crippen molar-refractivity contribution < 1.29 is 0 Å². The fraction of sp³-hybridized carbons (Fsp3) is 0.125. The number of aromatic nitrogens is 1. The van der Waals surface area contributed by atoms with Crippen LogP contribution in [-0.2, 0) is 0 Å². The van der Waals surface area contributed by atoms with Gasteiger partial charge >= 0.3 is 0 Å². The van der Waals surface area contributed by atoms with Crippen molar-refractivity contribution in [1.82, 2.24) is 4.98 Å². The highest BCUT2D eigenvalue weighted by Crippen LogP contribution is 2.38. The van der Waals surface area contributed by atoms with Gasteiger partial charge in [0.05, 0.1) is 19.8 Å². The summed E-state index contributed by atoms with van der Waals surface area (Å²) in [5.74, 6) is 0. The monoisotopic (exact) mass is 295 g/mol. The van der Waals surface area contributed by atoms with E-state index in [1.807, 2.05) is 13.0 Å². The highest BCUT2D eigenvalue weighted by Gasteiger charge is 2.11. The Bertz CT molecular complexity index is 480. The van der Waals surface area contributed by atoms with E-state index >= 15 is 0 Å². The summed E-state index contributed by atoms with van der Waals surface area (Å²) in [5.41, 5.74) is 0.789. The molecule has 1 heterocycles. The van der Waals surface area contributed by atoms with Crippen LogP contribution in [-0.4, -0.2) is 4.98 Å². The van der Waals surface area contributed by atoms with Crippen LogP contribution in [0, 0.1) is 6.92 Å². The highest BCUT2D eigenvalue weighted by atomic mass is 79.9.